The Hall–Kier alpha value is -1.84. The van der Waals surface area contributed by atoms with Crippen molar-refractivity contribution in [2.75, 3.05) is 13.2 Å². The van der Waals surface area contributed by atoms with Gasteiger partial charge in [0.1, 0.15) is 11.5 Å². The lowest BCUT2D eigenvalue weighted by Gasteiger charge is -2.28. The monoisotopic (exact) mass is 287 g/mol. The van der Waals surface area contributed by atoms with E-state index in [4.69, 9.17) is 4.74 Å². The molecule has 1 aromatic carbocycles. The maximum atomic E-state index is 12.4. The van der Waals surface area contributed by atoms with Crippen LogP contribution in [0.3, 0.4) is 0 Å². The van der Waals surface area contributed by atoms with Crippen LogP contribution in [-0.2, 0) is 9.59 Å². The van der Waals surface area contributed by atoms with Gasteiger partial charge in [0.15, 0.2) is 6.61 Å². The second-order valence-electron chi connectivity index (χ2n) is 5.86. The van der Waals surface area contributed by atoms with Crippen molar-refractivity contribution in [1.82, 2.24) is 4.90 Å². The van der Waals surface area contributed by atoms with Crippen molar-refractivity contribution >= 4 is 11.7 Å². The zero-order valence-electron chi connectivity index (χ0n) is 12.2. The van der Waals surface area contributed by atoms with Crippen LogP contribution in [0.5, 0.6) is 5.75 Å². The van der Waals surface area contributed by atoms with Gasteiger partial charge in [-0.3, -0.25) is 9.59 Å². The minimum atomic E-state index is 0.000975. The standard InChI is InChI=1S/C17H21NO3/c19-16-10-4-8-14(16)15-9-5-11-18(15)17(20)12-21-13-6-2-1-3-7-13/h1-3,6-7,14-15H,4-5,8-12H2. The molecule has 1 heterocycles. The van der Waals surface area contributed by atoms with E-state index in [9.17, 15) is 9.59 Å². The van der Waals surface area contributed by atoms with Crippen molar-refractivity contribution < 1.29 is 14.3 Å². The molecule has 2 unspecified atom stereocenters. The molecule has 2 atom stereocenters. The van der Waals surface area contributed by atoms with E-state index in [-0.39, 0.29) is 24.5 Å². The number of hydrogen-bond acceptors (Lipinski definition) is 3. The molecule has 21 heavy (non-hydrogen) atoms. The fourth-order valence-corrected chi connectivity index (χ4v) is 3.51. The summed E-state index contributed by atoms with van der Waals surface area (Å²) in [5.41, 5.74) is 0. The lowest BCUT2D eigenvalue weighted by Crippen LogP contribution is -2.43. The lowest BCUT2D eigenvalue weighted by molar-refractivity contribution is -0.136. The zero-order valence-corrected chi connectivity index (χ0v) is 12.2. The quantitative estimate of drug-likeness (QED) is 0.854. The number of carbonyl (C=O) groups is 2. The second-order valence-corrected chi connectivity index (χ2v) is 5.86. The highest BCUT2D eigenvalue weighted by Crippen LogP contribution is 2.33. The first kappa shape index (κ1) is 14.1. The molecule has 1 aliphatic carbocycles. The number of carbonyl (C=O) groups excluding carboxylic acids is 2. The fraction of sp³-hybridized carbons (Fsp3) is 0.529. The first-order chi connectivity index (χ1) is 10.3. The molecule has 0 radical (unpaired) electrons. The molecule has 3 rings (SSSR count). The molecule has 4 heteroatoms. The van der Waals surface area contributed by atoms with Gasteiger partial charge in [0.05, 0.1) is 0 Å². The number of para-hydroxylation sites is 1. The number of benzene rings is 1. The largest absolute Gasteiger partial charge is 0.484 e. The third kappa shape index (κ3) is 3.09. The Bertz CT molecular complexity index is 514. The second kappa shape index (κ2) is 6.29. The van der Waals surface area contributed by atoms with Crippen LogP contribution < -0.4 is 4.74 Å². The predicted octanol–water partition coefficient (Wildman–Crippen LogP) is 2.43. The average Bonchev–Trinajstić information content (AvgIpc) is 3.14. The van der Waals surface area contributed by atoms with Crippen LogP contribution >= 0.6 is 0 Å². The molecule has 112 valence electrons. The third-order valence-corrected chi connectivity index (χ3v) is 4.54. The summed E-state index contributed by atoms with van der Waals surface area (Å²) < 4.78 is 5.54. The van der Waals surface area contributed by atoms with Gasteiger partial charge < -0.3 is 9.64 Å². The molecule has 4 nitrogen and oxygen atoms in total. The summed E-state index contributed by atoms with van der Waals surface area (Å²) in [6, 6.07) is 9.47. The topological polar surface area (TPSA) is 46.6 Å². The van der Waals surface area contributed by atoms with Gasteiger partial charge in [-0.25, -0.2) is 0 Å². The molecule has 0 spiro atoms. The number of nitrogens with zero attached hydrogens (tertiary/aromatic N) is 1. The summed E-state index contributed by atoms with van der Waals surface area (Å²) in [4.78, 5) is 26.2. The van der Waals surface area contributed by atoms with Gasteiger partial charge in [0, 0.05) is 24.9 Å². The van der Waals surface area contributed by atoms with Crippen molar-refractivity contribution in [1.29, 1.82) is 0 Å². The summed E-state index contributed by atoms with van der Waals surface area (Å²) in [6.07, 6.45) is 4.54. The Balaban J connectivity index is 1.59. The first-order valence-corrected chi connectivity index (χ1v) is 7.76. The van der Waals surface area contributed by atoms with E-state index < -0.39 is 0 Å². The molecule has 1 aliphatic heterocycles. The molecule has 0 aromatic heterocycles. The van der Waals surface area contributed by atoms with E-state index in [2.05, 4.69) is 0 Å². The molecule has 1 aromatic rings. The van der Waals surface area contributed by atoms with E-state index >= 15 is 0 Å². The minimum absolute atomic E-state index is 0.000975. The average molecular weight is 287 g/mol. The van der Waals surface area contributed by atoms with E-state index in [1.165, 1.54) is 0 Å². The van der Waals surface area contributed by atoms with Gasteiger partial charge in [0.25, 0.3) is 5.91 Å². The van der Waals surface area contributed by atoms with Crippen LogP contribution in [0.4, 0.5) is 0 Å². The number of Topliss-reactive ketones (excluding diaryl/α,β-unsaturated/α-hetero) is 1. The van der Waals surface area contributed by atoms with Crippen LogP contribution in [-0.4, -0.2) is 35.8 Å². The third-order valence-electron chi connectivity index (χ3n) is 4.54. The van der Waals surface area contributed by atoms with Crippen molar-refractivity contribution in [3.05, 3.63) is 30.3 Å². The maximum absolute atomic E-state index is 12.4. The lowest BCUT2D eigenvalue weighted by atomic mass is 9.95. The number of ketones is 1. The summed E-state index contributed by atoms with van der Waals surface area (Å²) in [5.74, 6) is 1.11. The minimum Gasteiger partial charge on any atom is -0.484 e. The van der Waals surface area contributed by atoms with E-state index in [1.54, 1.807) is 0 Å². The summed E-state index contributed by atoms with van der Waals surface area (Å²) in [5, 5.41) is 0. The van der Waals surface area contributed by atoms with Gasteiger partial charge in [-0.1, -0.05) is 18.2 Å². The SMILES string of the molecule is O=C1CCCC1C1CCCN1C(=O)COc1ccccc1. The maximum Gasteiger partial charge on any atom is 0.260 e. The van der Waals surface area contributed by atoms with Crippen LogP contribution in [0.2, 0.25) is 0 Å². The van der Waals surface area contributed by atoms with E-state index in [1.807, 2.05) is 35.2 Å². The highest BCUT2D eigenvalue weighted by molar-refractivity contribution is 5.85. The van der Waals surface area contributed by atoms with Gasteiger partial charge in [-0.15, -0.1) is 0 Å². The molecule has 0 bridgehead atoms. The Labute approximate surface area is 125 Å². The van der Waals surface area contributed by atoms with Crippen molar-refractivity contribution in [3.8, 4) is 5.75 Å². The number of ether oxygens (including phenoxy) is 1. The Morgan fingerprint density at radius 1 is 1.19 bits per heavy atom. The Morgan fingerprint density at radius 3 is 2.71 bits per heavy atom. The normalized spacial score (nSPS) is 25.3. The number of hydrogen-bond donors (Lipinski definition) is 0. The van der Waals surface area contributed by atoms with Crippen LogP contribution in [0.15, 0.2) is 30.3 Å². The molecule has 1 amide bonds. The fourth-order valence-electron chi connectivity index (χ4n) is 3.51. The first-order valence-electron chi connectivity index (χ1n) is 7.76. The smallest absolute Gasteiger partial charge is 0.260 e. The molecular formula is C17H21NO3. The molecule has 0 N–H and O–H groups in total. The van der Waals surface area contributed by atoms with Crippen molar-refractivity contribution in [3.63, 3.8) is 0 Å². The predicted molar refractivity (Wildman–Crippen MR) is 79.0 cm³/mol. The molecule has 2 aliphatic rings. The zero-order chi connectivity index (χ0) is 14.7. The Kier molecular flexibility index (Phi) is 4.23. The molecular weight excluding hydrogens is 266 g/mol. The highest BCUT2D eigenvalue weighted by atomic mass is 16.5. The Morgan fingerprint density at radius 2 is 2.00 bits per heavy atom. The van der Waals surface area contributed by atoms with Gasteiger partial charge in [-0.05, 0) is 37.8 Å². The number of amides is 1. The van der Waals surface area contributed by atoms with E-state index in [0.29, 0.717) is 18.0 Å². The molecule has 1 saturated heterocycles. The number of rotatable bonds is 4. The van der Waals surface area contributed by atoms with Crippen LogP contribution in [0.25, 0.3) is 0 Å². The number of likely N-dealkylation sites (tertiary alicyclic amines) is 1. The van der Waals surface area contributed by atoms with Crippen molar-refractivity contribution in [2.24, 2.45) is 5.92 Å². The van der Waals surface area contributed by atoms with Gasteiger partial charge >= 0.3 is 0 Å². The van der Waals surface area contributed by atoms with Gasteiger partial charge in [-0.2, -0.15) is 0 Å². The highest BCUT2D eigenvalue weighted by Gasteiger charge is 2.39. The summed E-state index contributed by atoms with van der Waals surface area (Å²) in [7, 11) is 0. The summed E-state index contributed by atoms with van der Waals surface area (Å²) >= 11 is 0. The van der Waals surface area contributed by atoms with Gasteiger partial charge in [0.2, 0.25) is 0 Å². The molecule has 2 fully saturated rings. The van der Waals surface area contributed by atoms with Crippen LogP contribution in [0.1, 0.15) is 32.1 Å². The molecule has 1 saturated carbocycles. The van der Waals surface area contributed by atoms with Crippen LogP contribution in [0, 0.1) is 5.92 Å². The van der Waals surface area contributed by atoms with Crippen molar-refractivity contribution in [2.45, 2.75) is 38.1 Å². The van der Waals surface area contributed by atoms with E-state index in [0.717, 1.165) is 32.2 Å². The summed E-state index contributed by atoms with van der Waals surface area (Å²) in [6.45, 7) is 0.812.